The van der Waals surface area contributed by atoms with Gasteiger partial charge in [-0.1, -0.05) is 0 Å². The van der Waals surface area contributed by atoms with Crippen molar-refractivity contribution >= 4 is 22.6 Å². The number of amides is 1. The number of aryl methyl sites for hydroxylation is 2. The van der Waals surface area contributed by atoms with E-state index in [0.29, 0.717) is 23.3 Å². The summed E-state index contributed by atoms with van der Waals surface area (Å²) in [5.74, 6) is 0.167. The summed E-state index contributed by atoms with van der Waals surface area (Å²) in [6.07, 6.45) is 1.72. The van der Waals surface area contributed by atoms with Crippen LogP contribution in [0.25, 0.3) is 11.0 Å². The fourth-order valence-corrected chi connectivity index (χ4v) is 3.31. The summed E-state index contributed by atoms with van der Waals surface area (Å²) in [5.41, 5.74) is 2.30. The van der Waals surface area contributed by atoms with Crippen molar-refractivity contribution < 1.29 is 9.18 Å². The van der Waals surface area contributed by atoms with Crippen molar-refractivity contribution in [2.45, 2.75) is 32.9 Å². The lowest BCUT2D eigenvalue weighted by atomic mass is 10.3. The second kappa shape index (κ2) is 5.84. The molecule has 0 spiro atoms. The fraction of sp³-hybridized carbons (Fsp3) is 0.278. The summed E-state index contributed by atoms with van der Waals surface area (Å²) in [5, 5.41) is 2.72. The van der Waals surface area contributed by atoms with Gasteiger partial charge in [0.25, 0.3) is 5.56 Å². The number of hydrogen-bond acceptors (Lipinski definition) is 3. The number of aromatic nitrogens is 3. The Kier molecular flexibility index (Phi) is 3.63. The van der Waals surface area contributed by atoms with Crippen LogP contribution in [0.15, 0.2) is 35.1 Å². The zero-order valence-corrected chi connectivity index (χ0v) is 13.8. The molecule has 128 valence electrons. The smallest absolute Gasteiger partial charge is 0.278 e. The monoisotopic (exact) mass is 340 g/mol. The molecule has 1 aliphatic heterocycles. The van der Waals surface area contributed by atoms with E-state index in [4.69, 9.17) is 0 Å². The topological polar surface area (TPSA) is 68.9 Å². The third-order valence-corrected chi connectivity index (χ3v) is 4.50. The SMILES string of the molecule is Cc1cc2nc3n(c(=O)c2n1CC(=O)Nc1ccc(F)cc1)CCC3. The van der Waals surface area contributed by atoms with Gasteiger partial charge in [0.05, 0.1) is 5.52 Å². The number of carbonyl (C=O) groups excluding carboxylic acids is 1. The number of rotatable bonds is 3. The number of hydrogen-bond donors (Lipinski definition) is 1. The van der Waals surface area contributed by atoms with E-state index in [-0.39, 0.29) is 23.8 Å². The summed E-state index contributed by atoms with van der Waals surface area (Å²) in [6.45, 7) is 2.52. The Morgan fingerprint density at radius 1 is 1.32 bits per heavy atom. The molecule has 25 heavy (non-hydrogen) atoms. The molecule has 0 saturated carbocycles. The van der Waals surface area contributed by atoms with E-state index < -0.39 is 0 Å². The van der Waals surface area contributed by atoms with E-state index in [9.17, 15) is 14.0 Å². The molecule has 1 N–H and O–H groups in total. The maximum Gasteiger partial charge on any atom is 0.278 e. The Balaban J connectivity index is 1.67. The highest BCUT2D eigenvalue weighted by molar-refractivity contribution is 5.91. The van der Waals surface area contributed by atoms with Gasteiger partial charge >= 0.3 is 0 Å². The molecule has 6 nitrogen and oxygen atoms in total. The molecule has 3 heterocycles. The largest absolute Gasteiger partial charge is 0.330 e. The molecule has 0 aliphatic carbocycles. The molecule has 1 aromatic carbocycles. The summed E-state index contributed by atoms with van der Waals surface area (Å²) < 4.78 is 16.3. The lowest BCUT2D eigenvalue weighted by Gasteiger charge is -2.10. The maximum absolute atomic E-state index is 12.9. The van der Waals surface area contributed by atoms with Gasteiger partial charge in [0, 0.05) is 24.3 Å². The third kappa shape index (κ3) is 2.71. The molecule has 2 aromatic heterocycles. The van der Waals surface area contributed by atoms with Crippen LogP contribution in [-0.2, 0) is 24.3 Å². The maximum atomic E-state index is 12.9. The predicted octanol–water partition coefficient (Wildman–Crippen LogP) is 2.23. The predicted molar refractivity (Wildman–Crippen MR) is 92.1 cm³/mol. The highest BCUT2D eigenvalue weighted by atomic mass is 19.1. The minimum Gasteiger partial charge on any atom is -0.330 e. The van der Waals surface area contributed by atoms with Crippen LogP contribution in [-0.4, -0.2) is 20.0 Å². The van der Waals surface area contributed by atoms with Crippen LogP contribution in [0.5, 0.6) is 0 Å². The third-order valence-electron chi connectivity index (χ3n) is 4.50. The van der Waals surface area contributed by atoms with Gasteiger partial charge in [-0.15, -0.1) is 0 Å². The number of nitrogens with zero attached hydrogens (tertiary/aromatic N) is 3. The minimum absolute atomic E-state index is 0.00295. The summed E-state index contributed by atoms with van der Waals surface area (Å²) in [4.78, 5) is 29.7. The van der Waals surface area contributed by atoms with Gasteiger partial charge in [-0.25, -0.2) is 9.37 Å². The number of fused-ring (bicyclic) bond motifs is 2. The summed E-state index contributed by atoms with van der Waals surface area (Å²) in [7, 11) is 0. The zero-order chi connectivity index (χ0) is 17.6. The first-order valence-electron chi connectivity index (χ1n) is 8.18. The molecule has 3 aromatic rings. The molecule has 0 saturated heterocycles. The number of anilines is 1. The Morgan fingerprint density at radius 3 is 2.84 bits per heavy atom. The molecule has 1 aliphatic rings. The average molecular weight is 340 g/mol. The van der Waals surface area contributed by atoms with Crippen LogP contribution < -0.4 is 10.9 Å². The molecule has 0 unspecified atom stereocenters. The van der Waals surface area contributed by atoms with Crippen LogP contribution >= 0.6 is 0 Å². The van der Waals surface area contributed by atoms with Crippen molar-refractivity contribution in [1.29, 1.82) is 0 Å². The first-order chi connectivity index (χ1) is 12.0. The van der Waals surface area contributed by atoms with Crippen molar-refractivity contribution in [2.75, 3.05) is 5.32 Å². The Morgan fingerprint density at radius 2 is 2.08 bits per heavy atom. The molecule has 0 fully saturated rings. The Labute approximate surface area is 142 Å². The lowest BCUT2D eigenvalue weighted by Crippen LogP contribution is -2.26. The van der Waals surface area contributed by atoms with Gasteiger partial charge < -0.3 is 9.88 Å². The van der Waals surface area contributed by atoms with Crippen LogP contribution in [0.3, 0.4) is 0 Å². The summed E-state index contributed by atoms with van der Waals surface area (Å²) >= 11 is 0. The highest BCUT2D eigenvalue weighted by Crippen LogP contribution is 2.19. The van der Waals surface area contributed by atoms with E-state index in [2.05, 4.69) is 10.3 Å². The normalized spacial score (nSPS) is 13.2. The highest BCUT2D eigenvalue weighted by Gasteiger charge is 2.20. The molecular formula is C18H17FN4O2. The second-order valence-corrected chi connectivity index (χ2v) is 6.25. The number of benzene rings is 1. The first kappa shape index (κ1) is 15.6. The number of halogens is 1. The number of carbonyl (C=O) groups is 1. The second-order valence-electron chi connectivity index (χ2n) is 6.25. The standard InChI is InChI=1S/C18H17FN4O2/c1-11-9-14-17(18(25)22-8-2-3-15(22)21-14)23(11)10-16(24)20-13-6-4-12(19)5-7-13/h4-7,9H,2-3,8,10H2,1H3,(H,20,24). The van der Waals surface area contributed by atoms with Crippen molar-refractivity contribution in [3.8, 4) is 0 Å². The van der Waals surface area contributed by atoms with Gasteiger partial charge in [-0.05, 0) is 43.7 Å². The van der Waals surface area contributed by atoms with Crippen molar-refractivity contribution in [1.82, 2.24) is 14.1 Å². The van der Waals surface area contributed by atoms with Gasteiger partial charge in [0.2, 0.25) is 5.91 Å². The van der Waals surface area contributed by atoms with Crippen molar-refractivity contribution in [3.63, 3.8) is 0 Å². The van der Waals surface area contributed by atoms with Crippen molar-refractivity contribution in [3.05, 3.63) is 58.0 Å². The molecule has 1 amide bonds. The van der Waals surface area contributed by atoms with Crippen LogP contribution in [0.2, 0.25) is 0 Å². The summed E-state index contributed by atoms with van der Waals surface area (Å²) in [6, 6.07) is 7.40. The van der Waals surface area contributed by atoms with Gasteiger partial charge in [0.1, 0.15) is 23.7 Å². The molecule has 0 radical (unpaired) electrons. The van der Waals surface area contributed by atoms with E-state index in [1.165, 1.54) is 24.3 Å². The molecule has 4 rings (SSSR count). The average Bonchev–Trinajstić information content (AvgIpc) is 3.15. The van der Waals surface area contributed by atoms with Crippen LogP contribution in [0.4, 0.5) is 10.1 Å². The van der Waals surface area contributed by atoms with Gasteiger partial charge in [-0.2, -0.15) is 0 Å². The van der Waals surface area contributed by atoms with E-state index in [1.54, 1.807) is 9.13 Å². The molecule has 7 heteroatoms. The fourth-order valence-electron chi connectivity index (χ4n) is 3.31. The molecule has 0 atom stereocenters. The minimum atomic E-state index is -0.363. The van der Waals surface area contributed by atoms with E-state index in [0.717, 1.165) is 24.4 Å². The lowest BCUT2D eigenvalue weighted by molar-refractivity contribution is -0.116. The molecule has 0 bridgehead atoms. The van der Waals surface area contributed by atoms with Crippen LogP contribution in [0, 0.1) is 12.7 Å². The Hall–Kier alpha value is -2.96. The van der Waals surface area contributed by atoms with Crippen molar-refractivity contribution in [2.24, 2.45) is 0 Å². The Bertz CT molecular complexity index is 1030. The van der Waals surface area contributed by atoms with E-state index in [1.807, 2.05) is 13.0 Å². The van der Waals surface area contributed by atoms with Gasteiger partial charge in [-0.3, -0.25) is 14.2 Å². The number of nitrogens with one attached hydrogen (secondary N) is 1. The van der Waals surface area contributed by atoms with E-state index >= 15 is 0 Å². The van der Waals surface area contributed by atoms with Crippen LogP contribution in [0.1, 0.15) is 17.9 Å². The first-order valence-corrected chi connectivity index (χ1v) is 8.18. The molecular weight excluding hydrogens is 323 g/mol. The quantitative estimate of drug-likeness (QED) is 0.795. The van der Waals surface area contributed by atoms with Gasteiger partial charge in [0.15, 0.2) is 0 Å². The zero-order valence-electron chi connectivity index (χ0n) is 13.8.